The molecular weight excluding hydrogens is 265 g/mol. The van der Waals surface area contributed by atoms with E-state index in [-0.39, 0.29) is 17.9 Å². The predicted molar refractivity (Wildman–Crippen MR) is 60.0 cm³/mol. The van der Waals surface area contributed by atoms with Crippen LogP contribution in [-0.2, 0) is 9.53 Å². The first-order chi connectivity index (χ1) is 8.86. The molecule has 0 aliphatic rings. The van der Waals surface area contributed by atoms with Crippen molar-refractivity contribution in [2.24, 2.45) is 0 Å². The number of hydrogen-bond acceptors (Lipinski definition) is 3. The molecule has 0 spiro atoms. The molecule has 19 heavy (non-hydrogen) atoms. The van der Waals surface area contributed by atoms with Crippen LogP contribution >= 0.6 is 0 Å². The van der Waals surface area contributed by atoms with Crippen molar-refractivity contribution in [3.05, 3.63) is 29.8 Å². The number of rotatable bonds is 6. The number of hydrogen-bond donors (Lipinski definition) is 1. The normalized spacial score (nSPS) is 13.1. The molecule has 1 rings (SSSR count). The first-order valence-electron chi connectivity index (χ1n) is 5.48. The van der Waals surface area contributed by atoms with E-state index in [1.54, 1.807) is 6.92 Å². The molecule has 0 aliphatic carbocycles. The van der Waals surface area contributed by atoms with Crippen LogP contribution in [0.3, 0.4) is 0 Å². The van der Waals surface area contributed by atoms with E-state index in [0.717, 1.165) is 0 Å². The number of aliphatic carboxylic acids is 1. The van der Waals surface area contributed by atoms with Gasteiger partial charge in [0.2, 0.25) is 0 Å². The van der Waals surface area contributed by atoms with Gasteiger partial charge in [0.15, 0.2) is 6.10 Å². The lowest BCUT2D eigenvalue weighted by Gasteiger charge is -2.22. The Balaban J connectivity index is 3.06. The second-order valence-electron chi connectivity index (χ2n) is 3.60. The SMILES string of the molecule is CCOc1ccccc1[C@H](OCC(=O)O)C(F)(F)F. The highest BCUT2D eigenvalue weighted by Gasteiger charge is 2.43. The van der Waals surface area contributed by atoms with Gasteiger partial charge in [-0.2, -0.15) is 13.2 Å². The fourth-order valence-electron chi connectivity index (χ4n) is 1.50. The fraction of sp³-hybridized carbons (Fsp3) is 0.417. The topological polar surface area (TPSA) is 55.8 Å². The fourth-order valence-corrected chi connectivity index (χ4v) is 1.50. The number of carbonyl (C=O) groups is 1. The third kappa shape index (κ3) is 4.44. The van der Waals surface area contributed by atoms with Crippen molar-refractivity contribution in [2.45, 2.75) is 19.2 Å². The molecule has 0 bridgehead atoms. The zero-order valence-corrected chi connectivity index (χ0v) is 10.1. The maximum atomic E-state index is 12.9. The number of alkyl halides is 3. The summed E-state index contributed by atoms with van der Waals surface area (Å²) in [7, 11) is 0. The number of benzene rings is 1. The molecule has 7 heteroatoms. The van der Waals surface area contributed by atoms with E-state index >= 15 is 0 Å². The first-order valence-corrected chi connectivity index (χ1v) is 5.48. The van der Waals surface area contributed by atoms with Crippen molar-refractivity contribution >= 4 is 5.97 Å². The molecule has 1 aromatic carbocycles. The first kappa shape index (κ1) is 15.3. The number of carboxylic acid groups (broad SMARTS) is 1. The van der Waals surface area contributed by atoms with Crippen LogP contribution in [0.4, 0.5) is 13.2 Å². The van der Waals surface area contributed by atoms with E-state index in [4.69, 9.17) is 9.84 Å². The Kier molecular flexibility index (Phi) is 5.17. The molecule has 0 saturated heterocycles. The maximum absolute atomic E-state index is 12.9. The van der Waals surface area contributed by atoms with Crippen molar-refractivity contribution in [3.63, 3.8) is 0 Å². The van der Waals surface area contributed by atoms with Gasteiger partial charge in [-0.3, -0.25) is 0 Å². The lowest BCUT2D eigenvalue weighted by atomic mass is 10.1. The van der Waals surface area contributed by atoms with Gasteiger partial charge in [-0.25, -0.2) is 4.79 Å². The van der Waals surface area contributed by atoms with E-state index in [0.29, 0.717) is 0 Å². The summed E-state index contributed by atoms with van der Waals surface area (Å²) >= 11 is 0. The van der Waals surface area contributed by atoms with Crippen LogP contribution in [0, 0.1) is 0 Å². The summed E-state index contributed by atoms with van der Waals surface area (Å²) in [6, 6.07) is 5.51. The predicted octanol–water partition coefficient (Wildman–Crippen LogP) is 2.79. The second kappa shape index (κ2) is 6.42. The van der Waals surface area contributed by atoms with Crippen molar-refractivity contribution in [1.82, 2.24) is 0 Å². The summed E-state index contributed by atoms with van der Waals surface area (Å²) in [5.41, 5.74) is -0.238. The summed E-state index contributed by atoms with van der Waals surface area (Å²) < 4.78 is 48.2. The smallest absolute Gasteiger partial charge is 0.419 e. The summed E-state index contributed by atoms with van der Waals surface area (Å²) in [5, 5.41) is 8.42. The van der Waals surface area contributed by atoms with Crippen LogP contribution < -0.4 is 4.74 Å². The van der Waals surface area contributed by atoms with Crippen molar-refractivity contribution in [2.75, 3.05) is 13.2 Å². The molecule has 1 atom stereocenters. The molecule has 106 valence electrons. The lowest BCUT2D eigenvalue weighted by molar-refractivity contribution is -0.225. The Morgan fingerprint density at radius 2 is 2.00 bits per heavy atom. The van der Waals surface area contributed by atoms with Gasteiger partial charge in [-0.15, -0.1) is 0 Å². The van der Waals surface area contributed by atoms with Crippen molar-refractivity contribution < 1.29 is 32.5 Å². The summed E-state index contributed by atoms with van der Waals surface area (Å²) in [6.07, 6.45) is -7.05. The highest BCUT2D eigenvalue weighted by Crippen LogP contribution is 2.39. The maximum Gasteiger partial charge on any atom is 0.419 e. The van der Waals surface area contributed by atoms with Crippen LogP contribution in [0.2, 0.25) is 0 Å². The highest BCUT2D eigenvalue weighted by atomic mass is 19.4. The van der Waals surface area contributed by atoms with Gasteiger partial charge in [-0.1, -0.05) is 18.2 Å². The Bertz CT molecular complexity index is 431. The van der Waals surface area contributed by atoms with Crippen molar-refractivity contribution in [1.29, 1.82) is 0 Å². The van der Waals surface area contributed by atoms with Crippen LogP contribution in [0.1, 0.15) is 18.6 Å². The minimum absolute atomic E-state index is 0.0257. The van der Waals surface area contributed by atoms with E-state index in [9.17, 15) is 18.0 Å². The molecule has 1 aromatic rings. The highest BCUT2D eigenvalue weighted by molar-refractivity contribution is 5.68. The lowest BCUT2D eigenvalue weighted by Crippen LogP contribution is -2.26. The van der Waals surface area contributed by atoms with E-state index in [1.165, 1.54) is 24.3 Å². The molecule has 0 aliphatic heterocycles. The number of ether oxygens (including phenoxy) is 2. The van der Waals surface area contributed by atoms with Crippen molar-refractivity contribution in [3.8, 4) is 5.75 Å². The van der Waals surface area contributed by atoms with Gasteiger partial charge < -0.3 is 14.6 Å². The van der Waals surface area contributed by atoms with Gasteiger partial charge >= 0.3 is 12.1 Å². The Hall–Kier alpha value is -1.76. The summed E-state index contributed by atoms with van der Waals surface area (Å²) in [6.45, 7) is 0.794. The number of para-hydroxylation sites is 1. The van der Waals surface area contributed by atoms with Gasteiger partial charge in [0.05, 0.1) is 6.61 Å². The van der Waals surface area contributed by atoms with E-state index < -0.39 is 24.9 Å². The molecule has 0 aromatic heterocycles. The zero-order valence-electron chi connectivity index (χ0n) is 10.1. The summed E-state index contributed by atoms with van der Waals surface area (Å²) in [4.78, 5) is 10.3. The van der Waals surface area contributed by atoms with E-state index in [2.05, 4.69) is 4.74 Å². The third-order valence-corrected chi connectivity index (χ3v) is 2.17. The third-order valence-electron chi connectivity index (χ3n) is 2.17. The van der Waals surface area contributed by atoms with Crippen LogP contribution in [-0.4, -0.2) is 30.5 Å². The average molecular weight is 278 g/mol. The molecule has 0 fully saturated rings. The van der Waals surface area contributed by atoms with Crippen LogP contribution in [0.25, 0.3) is 0 Å². The molecule has 1 N–H and O–H groups in total. The monoisotopic (exact) mass is 278 g/mol. The summed E-state index contributed by atoms with van der Waals surface area (Å²) in [5.74, 6) is -1.44. The average Bonchev–Trinajstić information content (AvgIpc) is 2.29. The van der Waals surface area contributed by atoms with Gasteiger partial charge in [0, 0.05) is 5.56 Å². The molecule has 0 radical (unpaired) electrons. The quantitative estimate of drug-likeness (QED) is 0.869. The minimum atomic E-state index is -4.72. The van der Waals surface area contributed by atoms with Crippen LogP contribution in [0.5, 0.6) is 5.75 Å². The minimum Gasteiger partial charge on any atom is -0.493 e. The second-order valence-corrected chi connectivity index (χ2v) is 3.60. The molecule has 4 nitrogen and oxygen atoms in total. The standard InChI is InChI=1S/C12H13F3O4/c1-2-18-9-6-4-3-5-8(9)11(12(13,14)15)19-7-10(16)17/h3-6,11H,2,7H2,1H3,(H,16,17)/t11-/m0/s1. The molecule has 0 unspecified atom stereocenters. The Labute approximate surface area is 107 Å². The number of carboxylic acids is 1. The largest absolute Gasteiger partial charge is 0.493 e. The molecular formula is C12H13F3O4. The number of halogens is 3. The molecule has 0 amide bonds. The van der Waals surface area contributed by atoms with E-state index in [1.807, 2.05) is 0 Å². The zero-order chi connectivity index (χ0) is 14.5. The van der Waals surface area contributed by atoms with Crippen LogP contribution in [0.15, 0.2) is 24.3 Å². The van der Waals surface area contributed by atoms with Gasteiger partial charge in [-0.05, 0) is 13.0 Å². The molecule has 0 heterocycles. The molecule has 0 saturated carbocycles. The van der Waals surface area contributed by atoms with Gasteiger partial charge in [0.1, 0.15) is 12.4 Å². The Morgan fingerprint density at radius 1 is 1.37 bits per heavy atom. The van der Waals surface area contributed by atoms with Gasteiger partial charge in [0.25, 0.3) is 0 Å². The Morgan fingerprint density at radius 3 is 2.53 bits per heavy atom.